The molecule has 3 N–H and O–H groups in total. The summed E-state index contributed by atoms with van der Waals surface area (Å²) in [5, 5.41) is 5.24. The molecule has 2 rings (SSSR count). The molecule has 0 radical (unpaired) electrons. The molecule has 1 heterocycles. The van der Waals surface area contributed by atoms with E-state index in [0.29, 0.717) is 0 Å². The Labute approximate surface area is 133 Å². The Morgan fingerprint density at radius 2 is 1.86 bits per heavy atom. The van der Waals surface area contributed by atoms with Crippen LogP contribution in [0.3, 0.4) is 0 Å². The lowest BCUT2D eigenvalue weighted by Gasteiger charge is -2.18. The van der Waals surface area contributed by atoms with Crippen molar-refractivity contribution in [3.8, 4) is 0 Å². The number of benzene rings is 1. The highest BCUT2D eigenvalue weighted by molar-refractivity contribution is 7.10. The van der Waals surface area contributed by atoms with Gasteiger partial charge in [0, 0.05) is 11.8 Å². The SMILES string of the molecule is CC(=O)NNC(=O)CN[C@@H](c1ccc(C)cc1)c1cccs1. The molecule has 6 heteroatoms. The highest BCUT2D eigenvalue weighted by Gasteiger charge is 2.16. The summed E-state index contributed by atoms with van der Waals surface area (Å²) in [6.45, 7) is 3.49. The second kappa shape index (κ2) is 7.72. The standard InChI is InChI=1S/C16H19N3O2S/c1-11-5-7-13(8-6-11)16(14-4-3-9-22-14)17-10-15(21)19-18-12(2)20/h3-9,16-17H,10H2,1-2H3,(H,18,20)(H,19,21)/t16-/m0/s1. The molecule has 0 unspecified atom stereocenters. The topological polar surface area (TPSA) is 70.2 Å². The zero-order valence-corrected chi connectivity index (χ0v) is 13.4. The van der Waals surface area contributed by atoms with E-state index in [2.05, 4.69) is 40.4 Å². The van der Waals surface area contributed by atoms with E-state index in [-0.39, 0.29) is 24.4 Å². The number of carbonyl (C=O) groups is 2. The van der Waals surface area contributed by atoms with Crippen LogP contribution in [0.1, 0.15) is 29.0 Å². The Morgan fingerprint density at radius 3 is 2.45 bits per heavy atom. The second-order valence-corrected chi connectivity index (χ2v) is 5.95. The Kier molecular flexibility index (Phi) is 5.68. The molecule has 2 amide bonds. The number of carbonyl (C=O) groups excluding carboxylic acids is 2. The summed E-state index contributed by atoms with van der Waals surface area (Å²) >= 11 is 1.64. The van der Waals surface area contributed by atoms with Gasteiger partial charge in [-0.25, -0.2) is 0 Å². The molecule has 1 atom stereocenters. The number of rotatable bonds is 5. The Hall–Kier alpha value is -2.18. The normalized spacial score (nSPS) is 11.7. The van der Waals surface area contributed by atoms with Crippen LogP contribution in [-0.4, -0.2) is 18.4 Å². The fourth-order valence-corrected chi connectivity index (χ4v) is 2.82. The molecule has 0 saturated carbocycles. The van der Waals surface area contributed by atoms with E-state index in [0.717, 1.165) is 10.4 Å². The Morgan fingerprint density at radius 1 is 1.14 bits per heavy atom. The molecule has 0 aliphatic carbocycles. The van der Waals surface area contributed by atoms with Crippen molar-refractivity contribution in [3.05, 3.63) is 57.8 Å². The van der Waals surface area contributed by atoms with Crippen molar-refractivity contribution in [2.24, 2.45) is 0 Å². The monoisotopic (exact) mass is 317 g/mol. The van der Waals surface area contributed by atoms with E-state index in [1.165, 1.54) is 12.5 Å². The molecule has 1 aromatic carbocycles. The van der Waals surface area contributed by atoms with Gasteiger partial charge in [-0.1, -0.05) is 35.9 Å². The zero-order chi connectivity index (χ0) is 15.9. The molecule has 0 bridgehead atoms. The van der Waals surface area contributed by atoms with E-state index in [1.807, 2.05) is 24.4 Å². The lowest BCUT2D eigenvalue weighted by Crippen LogP contribution is -2.45. The summed E-state index contributed by atoms with van der Waals surface area (Å²) in [4.78, 5) is 23.6. The van der Waals surface area contributed by atoms with Crippen LogP contribution in [0, 0.1) is 6.92 Å². The van der Waals surface area contributed by atoms with Gasteiger partial charge in [0.15, 0.2) is 0 Å². The minimum Gasteiger partial charge on any atom is -0.297 e. The van der Waals surface area contributed by atoms with Crippen LogP contribution in [0.25, 0.3) is 0 Å². The Bertz CT molecular complexity index is 623. The predicted molar refractivity (Wildman–Crippen MR) is 87.3 cm³/mol. The average molecular weight is 317 g/mol. The lowest BCUT2D eigenvalue weighted by molar-refractivity contribution is -0.127. The van der Waals surface area contributed by atoms with E-state index < -0.39 is 0 Å². The van der Waals surface area contributed by atoms with Crippen molar-refractivity contribution in [3.63, 3.8) is 0 Å². The van der Waals surface area contributed by atoms with Crippen LogP contribution in [0.4, 0.5) is 0 Å². The van der Waals surface area contributed by atoms with Crippen molar-refractivity contribution < 1.29 is 9.59 Å². The average Bonchev–Trinajstić information content (AvgIpc) is 3.01. The van der Waals surface area contributed by atoms with Gasteiger partial charge in [-0.3, -0.25) is 25.8 Å². The predicted octanol–water partition coefficient (Wildman–Crippen LogP) is 1.90. The number of thiophene rings is 1. The van der Waals surface area contributed by atoms with Gasteiger partial charge in [0.25, 0.3) is 5.91 Å². The van der Waals surface area contributed by atoms with Gasteiger partial charge in [-0.2, -0.15) is 0 Å². The van der Waals surface area contributed by atoms with Crippen LogP contribution < -0.4 is 16.2 Å². The summed E-state index contributed by atoms with van der Waals surface area (Å²) in [5.41, 5.74) is 6.91. The molecule has 2 aromatic rings. The minimum absolute atomic E-state index is 0.0521. The van der Waals surface area contributed by atoms with Gasteiger partial charge in [0.2, 0.25) is 5.91 Å². The van der Waals surface area contributed by atoms with Crippen LogP contribution in [0.5, 0.6) is 0 Å². The first-order valence-electron chi connectivity index (χ1n) is 6.95. The van der Waals surface area contributed by atoms with Crippen molar-refractivity contribution >= 4 is 23.2 Å². The third-order valence-electron chi connectivity index (χ3n) is 3.08. The molecule has 1 aromatic heterocycles. The molecule has 0 fully saturated rings. The molecule has 22 heavy (non-hydrogen) atoms. The smallest absolute Gasteiger partial charge is 0.252 e. The number of hydrogen-bond donors (Lipinski definition) is 3. The lowest BCUT2D eigenvalue weighted by atomic mass is 10.0. The van der Waals surface area contributed by atoms with Crippen molar-refractivity contribution in [1.82, 2.24) is 16.2 Å². The minimum atomic E-state index is -0.304. The van der Waals surface area contributed by atoms with Crippen LogP contribution in [0.15, 0.2) is 41.8 Å². The summed E-state index contributed by atoms with van der Waals surface area (Å²) in [6, 6.07) is 12.2. The molecular formula is C16H19N3O2S. The number of aryl methyl sites for hydroxylation is 1. The Balaban J connectivity index is 2.05. The third-order valence-corrected chi connectivity index (χ3v) is 4.02. The van der Waals surface area contributed by atoms with Gasteiger partial charge in [0.05, 0.1) is 12.6 Å². The fraction of sp³-hybridized carbons (Fsp3) is 0.250. The fourth-order valence-electron chi connectivity index (χ4n) is 1.99. The highest BCUT2D eigenvalue weighted by Crippen LogP contribution is 2.26. The molecule has 0 saturated heterocycles. The molecule has 0 aliphatic rings. The maximum Gasteiger partial charge on any atom is 0.252 e. The van der Waals surface area contributed by atoms with Gasteiger partial charge >= 0.3 is 0 Å². The van der Waals surface area contributed by atoms with E-state index in [9.17, 15) is 9.59 Å². The number of amides is 2. The zero-order valence-electron chi connectivity index (χ0n) is 12.6. The van der Waals surface area contributed by atoms with Gasteiger partial charge in [-0.15, -0.1) is 11.3 Å². The first kappa shape index (κ1) is 16.2. The highest BCUT2D eigenvalue weighted by atomic mass is 32.1. The van der Waals surface area contributed by atoms with Crippen LogP contribution in [0.2, 0.25) is 0 Å². The first-order chi connectivity index (χ1) is 10.6. The third kappa shape index (κ3) is 4.68. The largest absolute Gasteiger partial charge is 0.297 e. The van der Waals surface area contributed by atoms with Gasteiger partial charge in [-0.05, 0) is 23.9 Å². The molecular weight excluding hydrogens is 298 g/mol. The number of nitrogens with one attached hydrogen (secondary N) is 3. The number of hydrazine groups is 1. The van der Waals surface area contributed by atoms with Gasteiger partial charge < -0.3 is 0 Å². The second-order valence-electron chi connectivity index (χ2n) is 4.97. The summed E-state index contributed by atoms with van der Waals surface area (Å²) in [5.74, 6) is -0.592. The van der Waals surface area contributed by atoms with Gasteiger partial charge in [0.1, 0.15) is 0 Å². The van der Waals surface area contributed by atoms with E-state index in [1.54, 1.807) is 11.3 Å². The van der Waals surface area contributed by atoms with Crippen molar-refractivity contribution in [2.45, 2.75) is 19.9 Å². The molecule has 116 valence electrons. The van der Waals surface area contributed by atoms with Crippen LogP contribution in [-0.2, 0) is 9.59 Å². The van der Waals surface area contributed by atoms with E-state index >= 15 is 0 Å². The van der Waals surface area contributed by atoms with Crippen LogP contribution >= 0.6 is 11.3 Å². The molecule has 5 nitrogen and oxygen atoms in total. The molecule has 0 spiro atoms. The van der Waals surface area contributed by atoms with Crippen molar-refractivity contribution in [2.75, 3.05) is 6.54 Å². The quantitative estimate of drug-likeness (QED) is 0.738. The molecule has 0 aliphatic heterocycles. The van der Waals surface area contributed by atoms with Crippen molar-refractivity contribution in [1.29, 1.82) is 0 Å². The summed E-state index contributed by atoms with van der Waals surface area (Å²) in [6.07, 6.45) is 0. The number of hydrogen-bond acceptors (Lipinski definition) is 4. The maximum absolute atomic E-state index is 11.7. The first-order valence-corrected chi connectivity index (χ1v) is 7.83. The summed E-state index contributed by atoms with van der Waals surface area (Å²) in [7, 11) is 0. The summed E-state index contributed by atoms with van der Waals surface area (Å²) < 4.78 is 0. The van der Waals surface area contributed by atoms with E-state index in [4.69, 9.17) is 0 Å². The maximum atomic E-state index is 11.7.